The van der Waals surface area contributed by atoms with E-state index >= 15 is 0 Å². The first-order valence-corrected chi connectivity index (χ1v) is 7.28. The predicted molar refractivity (Wildman–Crippen MR) is 81.5 cm³/mol. The quantitative estimate of drug-likeness (QED) is 0.853. The van der Waals surface area contributed by atoms with Crippen molar-refractivity contribution in [2.75, 3.05) is 13.1 Å². The number of carbonyl (C=O) groups is 1. The summed E-state index contributed by atoms with van der Waals surface area (Å²) in [5.74, 6) is 5.97. The molecule has 0 saturated heterocycles. The van der Waals surface area contributed by atoms with Gasteiger partial charge in [0.15, 0.2) is 0 Å². The average Bonchev–Trinajstić information content (AvgIpc) is 3.27. The minimum atomic E-state index is 0.111. The predicted octanol–water partition coefficient (Wildman–Crippen LogP) is 2.32. The molecule has 0 bridgehead atoms. The Bertz CT molecular complexity index is 550. The lowest BCUT2D eigenvalue weighted by molar-refractivity contribution is 0.0743. The molecule has 3 nitrogen and oxygen atoms in total. The van der Waals surface area contributed by atoms with E-state index in [0.717, 1.165) is 36.9 Å². The fourth-order valence-corrected chi connectivity index (χ4v) is 2.32. The molecule has 1 fully saturated rings. The first kappa shape index (κ1) is 14.6. The van der Waals surface area contributed by atoms with Crippen molar-refractivity contribution in [3.05, 3.63) is 34.9 Å². The highest BCUT2D eigenvalue weighted by molar-refractivity contribution is 5.97. The van der Waals surface area contributed by atoms with Gasteiger partial charge in [0, 0.05) is 18.2 Å². The van der Waals surface area contributed by atoms with Crippen LogP contribution < -0.4 is 5.73 Å². The normalized spacial score (nSPS) is 13.6. The highest BCUT2D eigenvalue weighted by Gasteiger charge is 2.33. The second-order valence-electron chi connectivity index (χ2n) is 5.28. The Labute approximate surface area is 121 Å². The van der Waals surface area contributed by atoms with E-state index in [1.54, 1.807) is 0 Å². The Morgan fingerprint density at radius 2 is 2.20 bits per heavy atom. The van der Waals surface area contributed by atoms with Crippen LogP contribution in [0.4, 0.5) is 0 Å². The molecule has 1 amide bonds. The number of carbonyl (C=O) groups excluding carboxylic acids is 1. The third-order valence-corrected chi connectivity index (χ3v) is 3.44. The summed E-state index contributed by atoms with van der Waals surface area (Å²) in [6.07, 6.45) is 3.24. The van der Waals surface area contributed by atoms with Gasteiger partial charge in [-0.2, -0.15) is 0 Å². The number of nitrogens with zero attached hydrogens (tertiary/aromatic N) is 1. The van der Waals surface area contributed by atoms with E-state index in [0.29, 0.717) is 18.2 Å². The second kappa shape index (κ2) is 6.58. The van der Waals surface area contributed by atoms with Gasteiger partial charge in [-0.15, -0.1) is 0 Å². The van der Waals surface area contributed by atoms with E-state index in [1.807, 2.05) is 30.0 Å². The lowest BCUT2D eigenvalue weighted by Crippen LogP contribution is -2.34. The van der Waals surface area contributed by atoms with Crippen LogP contribution in [0, 0.1) is 18.8 Å². The van der Waals surface area contributed by atoms with Crippen molar-refractivity contribution in [3.63, 3.8) is 0 Å². The molecule has 2 rings (SSSR count). The van der Waals surface area contributed by atoms with Gasteiger partial charge >= 0.3 is 0 Å². The molecule has 106 valence electrons. The third kappa shape index (κ3) is 3.40. The van der Waals surface area contributed by atoms with Gasteiger partial charge in [-0.25, -0.2) is 0 Å². The van der Waals surface area contributed by atoms with Crippen molar-refractivity contribution < 1.29 is 4.79 Å². The van der Waals surface area contributed by atoms with Crippen molar-refractivity contribution >= 4 is 5.91 Å². The maximum atomic E-state index is 12.8. The highest BCUT2D eigenvalue weighted by Crippen LogP contribution is 2.29. The molecule has 0 radical (unpaired) electrons. The molecular formula is C17H22N2O. The third-order valence-electron chi connectivity index (χ3n) is 3.44. The van der Waals surface area contributed by atoms with Crippen LogP contribution in [0.3, 0.4) is 0 Å². The summed E-state index contributed by atoms with van der Waals surface area (Å²) >= 11 is 0. The molecule has 0 atom stereocenters. The molecule has 20 heavy (non-hydrogen) atoms. The molecule has 1 aromatic carbocycles. The molecular weight excluding hydrogens is 248 g/mol. The molecule has 0 spiro atoms. The molecule has 1 aliphatic rings. The van der Waals surface area contributed by atoms with Crippen LogP contribution in [0.25, 0.3) is 0 Å². The van der Waals surface area contributed by atoms with Gasteiger partial charge in [0.25, 0.3) is 5.91 Å². The van der Waals surface area contributed by atoms with Gasteiger partial charge in [-0.05, 0) is 38.3 Å². The summed E-state index contributed by atoms with van der Waals surface area (Å²) in [4.78, 5) is 14.8. The summed E-state index contributed by atoms with van der Waals surface area (Å²) in [6, 6.07) is 6.27. The van der Waals surface area contributed by atoms with Gasteiger partial charge < -0.3 is 10.6 Å². The number of hydrogen-bond donors (Lipinski definition) is 1. The van der Waals surface area contributed by atoms with Crippen molar-refractivity contribution in [1.29, 1.82) is 0 Å². The largest absolute Gasteiger partial charge is 0.336 e. The molecule has 2 N–H and O–H groups in total. The molecule has 1 aliphatic carbocycles. The zero-order chi connectivity index (χ0) is 14.5. The molecule has 0 aromatic heterocycles. The van der Waals surface area contributed by atoms with Crippen LogP contribution in [-0.2, 0) is 0 Å². The van der Waals surface area contributed by atoms with Crippen LogP contribution in [0.15, 0.2) is 18.2 Å². The minimum Gasteiger partial charge on any atom is -0.336 e. The fourth-order valence-electron chi connectivity index (χ4n) is 2.32. The molecule has 1 aromatic rings. The van der Waals surface area contributed by atoms with Crippen LogP contribution in [0.1, 0.15) is 47.7 Å². The number of aryl methyl sites for hydroxylation is 1. The van der Waals surface area contributed by atoms with Crippen LogP contribution in [-0.4, -0.2) is 29.9 Å². The summed E-state index contributed by atoms with van der Waals surface area (Å²) in [5, 5.41) is 0. The van der Waals surface area contributed by atoms with Gasteiger partial charge in [0.05, 0.1) is 12.1 Å². The first-order chi connectivity index (χ1) is 9.67. The maximum absolute atomic E-state index is 12.8. The maximum Gasteiger partial charge on any atom is 0.255 e. The number of rotatable bonds is 4. The van der Waals surface area contributed by atoms with Crippen molar-refractivity contribution in [2.24, 2.45) is 5.73 Å². The second-order valence-corrected chi connectivity index (χ2v) is 5.28. The SMILES string of the molecule is CCCN(C(=O)c1cc(C)ccc1C#CCN)C1CC1. The summed E-state index contributed by atoms with van der Waals surface area (Å²) < 4.78 is 0. The number of hydrogen-bond acceptors (Lipinski definition) is 2. The highest BCUT2D eigenvalue weighted by atomic mass is 16.2. The molecule has 0 heterocycles. The zero-order valence-corrected chi connectivity index (χ0v) is 12.3. The Morgan fingerprint density at radius 3 is 2.80 bits per heavy atom. The van der Waals surface area contributed by atoms with E-state index in [1.165, 1.54) is 0 Å². The molecule has 0 unspecified atom stereocenters. The summed E-state index contributed by atoms with van der Waals surface area (Å²) in [6.45, 7) is 5.23. The zero-order valence-electron chi connectivity index (χ0n) is 12.3. The van der Waals surface area contributed by atoms with Crippen LogP contribution in [0.2, 0.25) is 0 Å². The Hall–Kier alpha value is -1.79. The van der Waals surface area contributed by atoms with Crippen LogP contribution in [0.5, 0.6) is 0 Å². The van der Waals surface area contributed by atoms with Crippen molar-refractivity contribution in [3.8, 4) is 11.8 Å². The Kier molecular flexibility index (Phi) is 4.81. The van der Waals surface area contributed by atoms with Crippen molar-refractivity contribution in [1.82, 2.24) is 4.90 Å². The number of amides is 1. The van der Waals surface area contributed by atoms with E-state index < -0.39 is 0 Å². The van der Waals surface area contributed by atoms with E-state index in [9.17, 15) is 4.79 Å². The fraction of sp³-hybridized carbons (Fsp3) is 0.471. The monoisotopic (exact) mass is 270 g/mol. The number of benzene rings is 1. The minimum absolute atomic E-state index is 0.111. The smallest absolute Gasteiger partial charge is 0.255 e. The van der Waals surface area contributed by atoms with Crippen molar-refractivity contribution in [2.45, 2.75) is 39.2 Å². The number of nitrogens with two attached hydrogens (primary N) is 1. The topological polar surface area (TPSA) is 46.3 Å². The van der Waals surface area contributed by atoms with Gasteiger partial charge in [-0.1, -0.05) is 30.4 Å². The summed E-state index contributed by atoms with van der Waals surface area (Å²) in [7, 11) is 0. The Balaban J connectivity index is 2.33. The Morgan fingerprint density at radius 1 is 1.45 bits per heavy atom. The standard InChI is InChI=1S/C17H22N2O/c1-3-11-19(15-8-9-15)17(20)16-12-13(2)6-7-14(16)5-4-10-18/h6-7,12,15H,3,8-11,18H2,1-2H3. The van der Waals surface area contributed by atoms with E-state index in [-0.39, 0.29) is 5.91 Å². The molecule has 0 aliphatic heterocycles. The van der Waals surface area contributed by atoms with Crippen LogP contribution >= 0.6 is 0 Å². The van der Waals surface area contributed by atoms with E-state index in [2.05, 4.69) is 18.8 Å². The molecule has 3 heteroatoms. The average molecular weight is 270 g/mol. The molecule has 1 saturated carbocycles. The first-order valence-electron chi connectivity index (χ1n) is 7.28. The van der Waals surface area contributed by atoms with Gasteiger partial charge in [-0.3, -0.25) is 4.79 Å². The van der Waals surface area contributed by atoms with E-state index in [4.69, 9.17) is 5.73 Å². The summed E-state index contributed by atoms with van der Waals surface area (Å²) in [5.41, 5.74) is 8.01. The van der Waals surface area contributed by atoms with Gasteiger partial charge in [0.2, 0.25) is 0 Å². The lowest BCUT2D eigenvalue weighted by Gasteiger charge is -2.22. The van der Waals surface area contributed by atoms with Gasteiger partial charge in [0.1, 0.15) is 0 Å². The lowest BCUT2D eigenvalue weighted by atomic mass is 10.0.